The van der Waals surface area contributed by atoms with E-state index in [1.165, 1.54) is 11.3 Å². The Morgan fingerprint density at radius 3 is 2.69 bits per heavy atom. The summed E-state index contributed by atoms with van der Waals surface area (Å²) in [4.78, 5) is 13.3. The van der Waals surface area contributed by atoms with Crippen LogP contribution >= 0.6 is 0 Å². The summed E-state index contributed by atoms with van der Waals surface area (Å²) in [7, 11) is 2.04. The van der Waals surface area contributed by atoms with Crippen LogP contribution in [0.1, 0.15) is 11.3 Å². The van der Waals surface area contributed by atoms with Gasteiger partial charge in [-0.1, -0.05) is 6.07 Å². The summed E-state index contributed by atoms with van der Waals surface area (Å²) < 4.78 is 14.3. The summed E-state index contributed by atoms with van der Waals surface area (Å²) >= 11 is 0. The van der Waals surface area contributed by atoms with Gasteiger partial charge in [-0.15, -0.1) is 0 Å². The molecule has 4 rings (SSSR count). The predicted molar refractivity (Wildman–Crippen MR) is 97.5 cm³/mol. The van der Waals surface area contributed by atoms with Crippen LogP contribution in [0, 0.1) is 0 Å². The first-order chi connectivity index (χ1) is 12.7. The lowest BCUT2D eigenvalue weighted by Crippen LogP contribution is -2.58. The second-order valence-corrected chi connectivity index (χ2v) is 7.36. The maximum Gasteiger partial charge on any atom is 0.117 e. The molecule has 1 unspecified atom stereocenters. The Labute approximate surface area is 154 Å². The lowest BCUT2D eigenvalue weighted by atomic mass is 10.0. The number of rotatable bonds is 4. The van der Waals surface area contributed by atoms with Gasteiger partial charge < -0.3 is 14.0 Å². The molecule has 2 aliphatic rings. The van der Waals surface area contributed by atoms with E-state index in [-0.39, 0.29) is 5.60 Å². The van der Waals surface area contributed by atoms with E-state index in [9.17, 15) is 0 Å². The Balaban J connectivity index is 1.44. The molecule has 0 N–H and O–H groups in total. The van der Waals surface area contributed by atoms with Crippen LogP contribution in [0.25, 0.3) is 0 Å². The van der Waals surface area contributed by atoms with Crippen molar-refractivity contribution >= 4 is 0 Å². The standard InChI is InChI=1S/C19H27N5O2/c1-22-16-21-10-18(22)12-24-6-8-26-19(14-24)13-23(5-7-25-15-19)11-17-3-2-4-20-9-17/h2-4,9-10,16H,5-8,11-15H2,1H3. The Morgan fingerprint density at radius 2 is 1.92 bits per heavy atom. The van der Waals surface area contributed by atoms with Gasteiger partial charge in [0.05, 0.1) is 31.8 Å². The molecule has 0 radical (unpaired) electrons. The van der Waals surface area contributed by atoms with Crippen molar-refractivity contribution in [3.05, 3.63) is 48.3 Å². The van der Waals surface area contributed by atoms with Crippen molar-refractivity contribution in [3.8, 4) is 0 Å². The summed E-state index contributed by atoms with van der Waals surface area (Å²) in [6.07, 6.45) is 7.56. The van der Waals surface area contributed by atoms with Gasteiger partial charge in [-0.2, -0.15) is 0 Å². The summed E-state index contributed by atoms with van der Waals surface area (Å²) in [6, 6.07) is 4.12. The summed E-state index contributed by atoms with van der Waals surface area (Å²) in [5.41, 5.74) is 2.19. The largest absolute Gasteiger partial charge is 0.377 e. The molecular weight excluding hydrogens is 330 g/mol. The van der Waals surface area contributed by atoms with Crippen molar-refractivity contribution in [1.29, 1.82) is 0 Å². The van der Waals surface area contributed by atoms with Crippen molar-refractivity contribution in [1.82, 2.24) is 24.3 Å². The predicted octanol–water partition coefficient (Wildman–Crippen LogP) is 0.919. The van der Waals surface area contributed by atoms with Gasteiger partial charge in [0, 0.05) is 64.9 Å². The van der Waals surface area contributed by atoms with Crippen LogP contribution in [0.4, 0.5) is 0 Å². The molecule has 0 amide bonds. The number of pyridine rings is 1. The number of morpholine rings is 1. The number of hydrogen-bond acceptors (Lipinski definition) is 6. The van der Waals surface area contributed by atoms with Crippen LogP contribution in [0.5, 0.6) is 0 Å². The monoisotopic (exact) mass is 357 g/mol. The molecule has 0 aromatic carbocycles. The Kier molecular flexibility index (Phi) is 5.31. The van der Waals surface area contributed by atoms with Crippen LogP contribution in [0.3, 0.4) is 0 Å². The van der Waals surface area contributed by atoms with E-state index < -0.39 is 0 Å². The second-order valence-electron chi connectivity index (χ2n) is 7.36. The van der Waals surface area contributed by atoms with E-state index in [4.69, 9.17) is 9.47 Å². The van der Waals surface area contributed by atoms with Gasteiger partial charge in [0.25, 0.3) is 0 Å². The average molecular weight is 357 g/mol. The second kappa shape index (κ2) is 7.84. The summed E-state index contributed by atoms with van der Waals surface area (Å²) in [5, 5.41) is 0. The molecular formula is C19H27N5O2. The normalized spacial score (nSPS) is 25.4. The molecule has 7 nitrogen and oxygen atoms in total. The van der Waals surface area contributed by atoms with Crippen molar-refractivity contribution in [3.63, 3.8) is 0 Å². The SMILES string of the molecule is Cn1cncc1CN1CCOC2(COCCN(Cc3cccnc3)C2)C1. The number of nitrogens with zero attached hydrogens (tertiary/aromatic N) is 5. The van der Waals surface area contributed by atoms with Crippen molar-refractivity contribution < 1.29 is 9.47 Å². The molecule has 0 saturated carbocycles. The highest BCUT2D eigenvalue weighted by Crippen LogP contribution is 2.24. The zero-order valence-electron chi connectivity index (χ0n) is 15.4. The molecule has 1 spiro atoms. The van der Waals surface area contributed by atoms with Crippen LogP contribution < -0.4 is 0 Å². The van der Waals surface area contributed by atoms with Gasteiger partial charge in [0.2, 0.25) is 0 Å². The van der Waals surface area contributed by atoms with Gasteiger partial charge in [-0.25, -0.2) is 4.98 Å². The van der Waals surface area contributed by atoms with E-state index in [1.807, 2.05) is 38.0 Å². The van der Waals surface area contributed by atoms with Crippen molar-refractivity contribution in [2.24, 2.45) is 7.05 Å². The number of aryl methyl sites for hydroxylation is 1. The van der Waals surface area contributed by atoms with E-state index in [0.717, 1.165) is 52.5 Å². The molecule has 0 aliphatic carbocycles. The minimum Gasteiger partial charge on any atom is -0.377 e. The topological polar surface area (TPSA) is 55.7 Å². The van der Waals surface area contributed by atoms with E-state index in [0.29, 0.717) is 6.61 Å². The average Bonchev–Trinajstić information content (AvgIpc) is 2.94. The number of hydrogen-bond donors (Lipinski definition) is 0. The van der Waals surface area contributed by atoms with E-state index >= 15 is 0 Å². The fraction of sp³-hybridized carbons (Fsp3) is 0.579. The third kappa shape index (κ3) is 4.12. The fourth-order valence-electron chi connectivity index (χ4n) is 3.88. The molecule has 2 aromatic rings. The number of ether oxygens (including phenoxy) is 2. The quantitative estimate of drug-likeness (QED) is 0.811. The number of imidazole rings is 1. The molecule has 1 atom stereocenters. The van der Waals surface area contributed by atoms with E-state index in [1.54, 1.807) is 0 Å². The molecule has 7 heteroatoms. The van der Waals surface area contributed by atoms with Gasteiger partial charge in [0.15, 0.2) is 0 Å². The highest BCUT2D eigenvalue weighted by Gasteiger charge is 2.40. The highest BCUT2D eigenvalue weighted by atomic mass is 16.5. The fourth-order valence-corrected chi connectivity index (χ4v) is 3.88. The summed E-state index contributed by atoms with van der Waals surface area (Å²) in [6.45, 7) is 7.52. The van der Waals surface area contributed by atoms with Crippen molar-refractivity contribution in [2.45, 2.75) is 18.7 Å². The van der Waals surface area contributed by atoms with Gasteiger partial charge in [-0.05, 0) is 11.6 Å². The van der Waals surface area contributed by atoms with Crippen LogP contribution in [-0.2, 0) is 29.6 Å². The van der Waals surface area contributed by atoms with Crippen LogP contribution in [0.15, 0.2) is 37.1 Å². The molecule has 2 aromatic heterocycles. The zero-order chi connectivity index (χ0) is 17.8. The van der Waals surface area contributed by atoms with Crippen molar-refractivity contribution in [2.75, 3.05) is 46.0 Å². The summed E-state index contributed by atoms with van der Waals surface area (Å²) in [5.74, 6) is 0. The minimum atomic E-state index is -0.268. The smallest absolute Gasteiger partial charge is 0.117 e. The van der Waals surface area contributed by atoms with Gasteiger partial charge >= 0.3 is 0 Å². The Bertz CT molecular complexity index is 707. The first kappa shape index (κ1) is 17.6. The van der Waals surface area contributed by atoms with E-state index in [2.05, 4.69) is 30.4 Å². The first-order valence-corrected chi connectivity index (χ1v) is 9.23. The molecule has 2 aliphatic heterocycles. The van der Waals surface area contributed by atoms with Gasteiger partial charge in [0.1, 0.15) is 5.60 Å². The molecule has 2 fully saturated rings. The lowest BCUT2D eigenvalue weighted by Gasteiger charge is -2.43. The molecule has 4 heterocycles. The highest BCUT2D eigenvalue weighted by molar-refractivity contribution is 5.09. The van der Waals surface area contributed by atoms with Crippen LogP contribution in [0.2, 0.25) is 0 Å². The third-order valence-corrected chi connectivity index (χ3v) is 5.19. The van der Waals surface area contributed by atoms with Crippen LogP contribution in [-0.4, -0.2) is 75.9 Å². The number of aromatic nitrogens is 3. The third-order valence-electron chi connectivity index (χ3n) is 5.19. The van der Waals surface area contributed by atoms with Gasteiger partial charge in [-0.3, -0.25) is 14.8 Å². The first-order valence-electron chi connectivity index (χ1n) is 9.23. The Morgan fingerprint density at radius 1 is 1.08 bits per heavy atom. The molecule has 26 heavy (non-hydrogen) atoms. The Hall–Kier alpha value is -1.80. The minimum absolute atomic E-state index is 0.268. The molecule has 0 bridgehead atoms. The molecule has 2 saturated heterocycles. The maximum atomic E-state index is 6.29. The zero-order valence-corrected chi connectivity index (χ0v) is 15.4. The maximum absolute atomic E-state index is 6.29. The molecule has 140 valence electrons. The lowest BCUT2D eigenvalue weighted by molar-refractivity contribution is -0.143.